The molecule has 0 saturated heterocycles. The molecule has 0 bridgehead atoms. The summed E-state index contributed by atoms with van der Waals surface area (Å²) in [5.41, 5.74) is 0. The van der Waals surface area contributed by atoms with Gasteiger partial charge >= 0.3 is 18.4 Å². The Morgan fingerprint density at radius 3 is 1.48 bits per heavy atom. The van der Waals surface area contributed by atoms with Gasteiger partial charge in [-0.25, -0.2) is 0 Å². The molecule has 0 aromatic carbocycles. The maximum atomic E-state index is 12.0. The number of carbonyl (C=O) groups excluding carboxylic acids is 2. The van der Waals surface area contributed by atoms with Gasteiger partial charge in [-0.05, 0) is 25.7 Å². The largest absolute Gasteiger partial charge is 0.400 e. The van der Waals surface area contributed by atoms with Crippen LogP contribution in [0.1, 0.15) is 64.2 Å². The summed E-state index contributed by atoms with van der Waals surface area (Å²) in [5.74, 6) is -0.773. The van der Waals surface area contributed by atoms with Crippen LogP contribution in [0.25, 0.3) is 0 Å². The summed E-state index contributed by atoms with van der Waals surface area (Å²) in [5, 5.41) is 0. The van der Waals surface area contributed by atoms with Crippen molar-refractivity contribution >= 4 is 11.9 Å². The molecule has 0 N–H and O–H groups in total. The van der Waals surface area contributed by atoms with Gasteiger partial charge < -0.3 is 14.2 Å². The topological polar surface area (TPSA) is 61.8 Å². The lowest BCUT2D eigenvalue weighted by Gasteiger charge is -2.25. The van der Waals surface area contributed by atoms with E-state index >= 15 is 0 Å². The Bertz CT molecular complexity index is 311. The van der Waals surface area contributed by atoms with E-state index in [1.807, 2.05) is 0 Å². The molecule has 5 heteroatoms. The predicted molar refractivity (Wildman–Crippen MR) is 76.1 cm³/mol. The van der Waals surface area contributed by atoms with Crippen LogP contribution in [0, 0.1) is 11.8 Å². The van der Waals surface area contributed by atoms with Crippen LogP contribution in [0.5, 0.6) is 0 Å². The highest BCUT2D eigenvalue weighted by Crippen LogP contribution is 2.27. The van der Waals surface area contributed by atoms with Crippen molar-refractivity contribution in [3.8, 4) is 0 Å². The average molecular weight is 298 g/mol. The standard InChI is InChI=1S/C16H26O5/c1-19-16(20-14(17)12-8-4-2-5-9-12)21-15(18)13-10-6-3-7-11-13/h12-13,16H,2-11H2,1H3. The number of hydrogen-bond acceptors (Lipinski definition) is 5. The Morgan fingerprint density at radius 2 is 1.14 bits per heavy atom. The van der Waals surface area contributed by atoms with Crippen LogP contribution in [0.4, 0.5) is 0 Å². The first-order valence-corrected chi connectivity index (χ1v) is 8.14. The van der Waals surface area contributed by atoms with Gasteiger partial charge in [0.15, 0.2) is 0 Å². The Kier molecular flexibility index (Phi) is 6.49. The quantitative estimate of drug-likeness (QED) is 0.576. The van der Waals surface area contributed by atoms with Crippen LogP contribution in [0.3, 0.4) is 0 Å². The molecule has 2 saturated carbocycles. The zero-order valence-corrected chi connectivity index (χ0v) is 12.8. The van der Waals surface area contributed by atoms with E-state index < -0.39 is 6.48 Å². The number of hydrogen-bond donors (Lipinski definition) is 0. The van der Waals surface area contributed by atoms with Gasteiger partial charge in [0.05, 0.1) is 11.8 Å². The minimum atomic E-state index is -1.20. The molecule has 0 atom stereocenters. The number of ether oxygens (including phenoxy) is 3. The minimum absolute atomic E-state index is 0.0789. The van der Waals surface area contributed by atoms with E-state index in [4.69, 9.17) is 14.2 Å². The van der Waals surface area contributed by atoms with Gasteiger partial charge in [0, 0.05) is 7.11 Å². The molecule has 0 amide bonds. The van der Waals surface area contributed by atoms with Crippen molar-refractivity contribution in [2.75, 3.05) is 7.11 Å². The van der Waals surface area contributed by atoms with Crippen molar-refractivity contribution in [3.63, 3.8) is 0 Å². The van der Waals surface area contributed by atoms with Crippen molar-refractivity contribution in [1.29, 1.82) is 0 Å². The van der Waals surface area contributed by atoms with E-state index in [0.717, 1.165) is 51.4 Å². The number of carbonyl (C=O) groups is 2. The molecule has 5 nitrogen and oxygen atoms in total. The Morgan fingerprint density at radius 1 is 0.762 bits per heavy atom. The van der Waals surface area contributed by atoms with Crippen molar-refractivity contribution in [3.05, 3.63) is 0 Å². The first kappa shape index (κ1) is 16.3. The fourth-order valence-corrected chi connectivity index (χ4v) is 3.18. The summed E-state index contributed by atoms with van der Waals surface area (Å²) >= 11 is 0. The van der Waals surface area contributed by atoms with Gasteiger partial charge in [-0.1, -0.05) is 38.5 Å². The maximum Gasteiger partial charge on any atom is 0.364 e. The summed E-state index contributed by atoms with van der Waals surface area (Å²) in [7, 11) is 1.38. The number of methoxy groups -OCH3 is 1. The molecule has 0 spiro atoms. The summed E-state index contributed by atoms with van der Waals surface area (Å²) < 4.78 is 15.4. The highest BCUT2D eigenvalue weighted by atomic mass is 16.9. The van der Waals surface area contributed by atoms with E-state index in [-0.39, 0.29) is 23.8 Å². The lowest BCUT2D eigenvalue weighted by atomic mass is 9.89. The number of esters is 2. The second kappa shape index (κ2) is 8.37. The van der Waals surface area contributed by atoms with Crippen molar-refractivity contribution < 1.29 is 23.8 Å². The van der Waals surface area contributed by atoms with Gasteiger partial charge in [-0.15, -0.1) is 0 Å². The second-order valence-corrected chi connectivity index (χ2v) is 6.07. The van der Waals surface area contributed by atoms with E-state index in [1.165, 1.54) is 20.0 Å². The molecular formula is C16H26O5. The molecule has 120 valence electrons. The fourth-order valence-electron chi connectivity index (χ4n) is 3.18. The monoisotopic (exact) mass is 298 g/mol. The van der Waals surface area contributed by atoms with E-state index in [2.05, 4.69) is 0 Å². The van der Waals surface area contributed by atoms with Crippen LogP contribution in [-0.4, -0.2) is 25.5 Å². The molecule has 0 heterocycles. The smallest absolute Gasteiger partial charge is 0.364 e. The maximum absolute atomic E-state index is 12.0. The molecule has 0 radical (unpaired) electrons. The molecule has 0 aromatic heterocycles. The van der Waals surface area contributed by atoms with Gasteiger partial charge in [0.25, 0.3) is 0 Å². The molecule has 2 aliphatic carbocycles. The normalized spacial score (nSPS) is 21.2. The lowest BCUT2D eigenvalue weighted by molar-refractivity contribution is -0.262. The summed E-state index contributed by atoms with van der Waals surface area (Å²) in [4.78, 5) is 24.1. The zero-order valence-electron chi connectivity index (χ0n) is 12.8. The first-order chi connectivity index (χ1) is 10.2. The summed E-state index contributed by atoms with van der Waals surface area (Å²) in [6.07, 6.45) is 9.98. The van der Waals surface area contributed by atoms with E-state index in [1.54, 1.807) is 0 Å². The second-order valence-electron chi connectivity index (χ2n) is 6.07. The van der Waals surface area contributed by atoms with Crippen LogP contribution in [-0.2, 0) is 23.8 Å². The molecule has 0 aliphatic heterocycles. The van der Waals surface area contributed by atoms with Gasteiger partial charge in [-0.2, -0.15) is 0 Å². The predicted octanol–water partition coefficient (Wildman–Crippen LogP) is 3.16. The molecule has 0 unspecified atom stereocenters. The zero-order chi connectivity index (χ0) is 15.1. The third-order valence-corrected chi connectivity index (χ3v) is 4.49. The van der Waals surface area contributed by atoms with Crippen molar-refractivity contribution in [2.24, 2.45) is 11.8 Å². The van der Waals surface area contributed by atoms with Gasteiger partial charge in [-0.3, -0.25) is 9.59 Å². The van der Waals surface area contributed by atoms with Crippen LogP contribution < -0.4 is 0 Å². The van der Waals surface area contributed by atoms with Crippen molar-refractivity contribution in [1.82, 2.24) is 0 Å². The average Bonchev–Trinajstić information content (AvgIpc) is 2.55. The van der Waals surface area contributed by atoms with Gasteiger partial charge in [0.1, 0.15) is 0 Å². The van der Waals surface area contributed by atoms with E-state index in [9.17, 15) is 9.59 Å². The third-order valence-electron chi connectivity index (χ3n) is 4.49. The van der Waals surface area contributed by atoms with E-state index in [0.29, 0.717) is 0 Å². The lowest BCUT2D eigenvalue weighted by Crippen LogP contribution is -2.33. The molecule has 2 rings (SSSR count). The highest BCUT2D eigenvalue weighted by molar-refractivity contribution is 5.74. The molecule has 2 fully saturated rings. The van der Waals surface area contributed by atoms with Crippen LogP contribution in [0.15, 0.2) is 0 Å². The van der Waals surface area contributed by atoms with Crippen LogP contribution in [0.2, 0.25) is 0 Å². The fraction of sp³-hybridized carbons (Fsp3) is 0.875. The van der Waals surface area contributed by atoms with Crippen LogP contribution >= 0.6 is 0 Å². The molecule has 2 aliphatic rings. The Labute approximate surface area is 126 Å². The van der Waals surface area contributed by atoms with Crippen molar-refractivity contribution in [2.45, 2.75) is 70.7 Å². The molecular weight excluding hydrogens is 272 g/mol. The molecule has 0 aromatic rings. The first-order valence-electron chi connectivity index (χ1n) is 8.14. The number of rotatable bonds is 5. The molecule has 21 heavy (non-hydrogen) atoms. The summed E-state index contributed by atoms with van der Waals surface area (Å²) in [6.45, 7) is -1.20. The van der Waals surface area contributed by atoms with Gasteiger partial charge in [0.2, 0.25) is 0 Å². The Balaban J connectivity index is 1.78. The third kappa shape index (κ3) is 4.99. The highest BCUT2D eigenvalue weighted by Gasteiger charge is 2.29. The SMILES string of the molecule is COC(OC(=O)C1CCCCC1)OC(=O)C1CCCCC1. The minimum Gasteiger partial charge on any atom is -0.400 e. The summed E-state index contributed by atoms with van der Waals surface area (Å²) in [6, 6.07) is 0. The Hall–Kier alpha value is -1.10.